The summed E-state index contributed by atoms with van der Waals surface area (Å²) in [6, 6.07) is 8.85. The van der Waals surface area contributed by atoms with Crippen LogP contribution in [-0.4, -0.2) is 37.4 Å². The van der Waals surface area contributed by atoms with E-state index >= 15 is 0 Å². The lowest BCUT2D eigenvalue weighted by molar-refractivity contribution is 0.0941. The van der Waals surface area contributed by atoms with E-state index in [0.717, 1.165) is 16.5 Å². The topological polar surface area (TPSA) is 85.5 Å². The minimum Gasteiger partial charge on any atom is -0.493 e. The maximum atomic E-state index is 12.7. The molecule has 0 unspecified atom stereocenters. The van der Waals surface area contributed by atoms with Gasteiger partial charge in [-0.2, -0.15) is 5.10 Å². The third-order valence-electron chi connectivity index (χ3n) is 4.26. The number of aromatic nitrogens is 2. The van der Waals surface area contributed by atoms with Crippen LogP contribution in [0, 0.1) is 0 Å². The van der Waals surface area contributed by atoms with Gasteiger partial charge in [0.25, 0.3) is 5.91 Å². The van der Waals surface area contributed by atoms with Gasteiger partial charge in [0.15, 0.2) is 11.5 Å². The van der Waals surface area contributed by atoms with Crippen LogP contribution in [0.25, 0.3) is 10.9 Å². The summed E-state index contributed by atoms with van der Waals surface area (Å²) < 4.78 is 16.1. The Hall–Kier alpha value is -3.22. The molecule has 0 bridgehead atoms. The summed E-state index contributed by atoms with van der Waals surface area (Å²) in [5.41, 5.74) is 2.22. The van der Waals surface area contributed by atoms with Gasteiger partial charge < -0.3 is 19.5 Å². The highest BCUT2D eigenvalue weighted by Crippen LogP contribution is 2.39. The number of nitrogens with zero attached hydrogens (tertiary/aromatic N) is 1. The van der Waals surface area contributed by atoms with Crippen LogP contribution in [0.5, 0.6) is 17.2 Å². The number of fused-ring (bicyclic) bond motifs is 1. The maximum absolute atomic E-state index is 12.7. The zero-order chi connectivity index (χ0) is 18.7. The molecule has 1 amide bonds. The normalized spacial score (nSPS) is 11.8. The van der Waals surface area contributed by atoms with Gasteiger partial charge in [-0.25, -0.2) is 0 Å². The van der Waals surface area contributed by atoms with E-state index in [0.29, 0.717) is 22.8 Å². The molecule has 2 N–H and O–H groups in total. The number of carbonyl (C=O) groups excluding carboxylic acids is 1. The van der Waals surface area contributed by atoms with Crippen LogP contribution < -0.4 is 19.5 Å². The van der Waals surface area contributed by atoms with Crippen molar-refractivity contribution in [1.82, 2.24) is 15.5 Å². The molecule has 0 fully saturated rings. The molecule has 0 spiro atoms. The molecule has 3 rings (SSSR count). The van der Waals surface area contributed by atoms with Gasteiger partial charge in [-0.3, -0.25) is 9.89 Å². The van der Waals surface area contributed by atoms with Crippen LogP contribution in [0.4, 0.5) is 0 Å². The highest BCUT2D eigenvalue weighted by atomic mass is 16.5. The summed E-state index contributed by atoms with van der Waals surface area (Å²) >= 11 is 0. The third-order valence-corrected chi connectivity index (χ3v) is 4.26. The fourth-order valence-electron chi connectivity index (χ4n) is 2.88. The summed E-state index contributed by atoms with van der Waals surface area (Å²) in [6.07, 6.45) is 1.65. The molecule has 26 heavy (non-hydrogen) atoms. The number of amides is 1. The highest BCUT2D eigenvalue weighted by Gasteiger charge is 2.19. The minimum absolute atomic E-state index is 0.182. The van der Waals surface area contributed by atoms with Crippen LogP contribution in [0.1, 0.15) is 28.9 Å². The molecule has 0 saturated heterocycles. The van der Waals surface area contributed by atoms with Crippen molar-refractivity contribution in [2.24, 2.45) is 0 Å². The van der Waals surface area contributed by atoms with Crippen molar-refractivity contribution in [3.05, 3.63) is 47.7 Å². The first-order valence-electron chi connectivity index (χ1n) is 8.12. The molecular formula is C19H21N3O4. The quantitative estimate of drug-likeness (QED) is 0.710. The number of ether oxygens (including phenoxy) is 3. The highest BCUT2D eigenvalue weighted by molar-refractivity contribution is 6.06. The molecule has 7 nitrogen and oxygen atoms in total. The van der Waals surface area contributed by atoms with Gasteiger partial charge in [0, 0.05) is 5.39 Å². The van der Waals surface area contributed by atoms with E-state index in [-0.39, 0.29) is 11.9 Å². The standard InChI is InChI=1S/C19H21N3O4/c1-11(12-8-16(24-2)18(26-4)17(9-12)25-3)21-19(23)13-6-5-7-15-14(13)10-20-22-15/h5-11H,1-4H3,(H,20,22)(H,21,23)/t11-/m0/s1. The molecule has 0 aliphatic heterocycles. The molecule has 2 aromatic carbocycles. The lowest BCUT2D eigenvalue weighted by Crippen LogP contribution is -2.26. The second-order valence-electron chi connectivity index (χ2n) is 5.79. The number of rotatable bonds is 6. The Morgan fingerprint density at radius 2 is 1.81 bits per heavy atom. The molecule has 136 valence electrons. The molecule has 7 heteroatoms. The number of methoxy groups -OCH3 is 3. The van der Waals surface area contributed by atoms with E-state index < -0.39 is 0 Å². The molecule has 1 aromatic heterocycles. The zero-order valence-corrected chi connectivity index (χ0v) is 15.1. The van der Waals surface area contributed by atoms with Crippen molar-refractivity contribution in [1.29, 1.82) is 0 Å². The fourth-order valence-corrected chi connectivity index (χ4v) is 2.88. The van der Waals surface area contributed by atoms with Crippen LogP contribution in [-0.2, 0) is 0 Å². The summed E-state index contributed by atoms with van der Waals surface area (Å²) in [6.45, 7) is 1.90. The van der Waals surface area contributed by atoms with E-state index in [2.05, 4.69) is 15.5 Å². The first kappa shape index (κ1) is 17.6. The van der Waals surface area contributed by atoms with Crippen LogP contribution >= 0.6 is 0 Å². The van der Waals surface area contributed by atoms with Crippen LogP contribution in [0.15, 0.2) is 36.5 Å². The number of hydrogen-bond acceptors (Lipinski definition) is 5. The van der Waals surface area contributed by atoms with E-state index in [1.807, 2.05) is 31.2 Å². The largest absolute Gasteiger partial charge is 0.493 e. The first-order chi connectivity index (χ1) is 12.6. The van der Waals surface area contributed by atoms with Gasteiger partial charge in [-0.05, 0) is 36.8 Å². The summed E-state index contributed by atoms with van der Waals surface area (Å²) in [7, 11) is 4.67. The lowest BCUT2D eigenvalue weighted by atomic mass is 10.1. The molecule has 0 radical (unpaired) electrons. The monoisotopic (exact) mass is 355 g/mol. The third kappa shape index (κ3) is 3.15. The van der Waals surface area contributed by atoms with Crippen LogP contribution in [0.3, 0.4) is 0 Å². The average Bonchev–Trinajstić information content (AvgIpc) is 3.15. The van der Waals surface area contributed by atoms with Crippen molar-refractivity contribution < 1.29 is 19.0 Å². The van der Waals surface area contributed by atoms with Gasteiger partial charge in [-0.15, -0.1) is 0 Å². The Kier molecular flexibility index (Phi) is 4.97. The van der Waals surface area contributed by atoms with Crippen molar-refractivity contribution in [3.63, 3.8) is 0 Å². The minimum atomic E-state index is -0.265. The second-order valence-corrected chi connectivity index (χ2v) is 5.79. The Balaban J connectivity index is 1.89. The van der Waals surface area contributed by atoms with Crippen molar-refractivity contribution in [2.45, 2.75) is 13.0 Å². The number of benzene rings is 2. The van der Waals surface area contributed by atoms with Crippen LogP contribution in [0.2, 0.25) is 0 Å². The molecule has 1 heterocycles. The molecule has 3 aromatic rings. The molecular weight excluding hydrogens is 334 g/mol. The molecule has 0 aliphatic rings. The van der Waals surface area contributed by atoms with Gasteiger partial charge >= 0.3 is 0 Å². The first-order valence-corrected chi connectivity index (χ1v) is 8.12. The predicted octanol–water partition coefficient (Wildman–Crippen LogP) is 3.08. The van der Waals surface area contributed by atoms with E-state index in [4.69, 9.17) is 14.2 Å². The number of aromatic amines is 1. The smallest absolute Gasteiger partial charge is 0.252 e. The molecule has 0 aliphatic carbocycles. The number of H-pyrrole nitrogens is 1. The van der Waals surface area contributed by atoms with E-state index in [1.54, 1.807) is 33.6 Å². The van der Waals surface area contributed by atoms with Gasteiger partial charge in [-0.1, -0.05) is 6.07 Å². The summed E-state index contributed by atoms with van der Waals surface area (Å²) in [4.78, 5) is 12.7. The van der Waals surface area contributed by atoms with Gasteiger partial charge in [0.05, 0.1) is 44.6 Å². The van der Waals surface area contributed by atoms with Crippen molar-refractivity contribution in [2.75, 3.05) is 21.3 Å². The Bertz CT molecular complexity index is 910. The summed E-state index contributed by atoms with van der Waals surface area (Å²) in [5, 5.41) is 10.6. The molecule has 1 atom stereocenters. The average molecular weight is 355 g/mol. The van der Waals surface area contributed by atoms with E-state index in [1.165, 1.54) is 0 Å². The lowest BCUT2D eigenvalue weighted by Gasteiger charge is -2.19. The number of nitrogens with one attached hydrogen (secondary N) is 2. The Morgan fingerprint density at radius 1 is 1.12 bits per heavy atom. The predicted molar refractivity (Wildman–Crippen MR) is 98.1 cm³/mol. The molecule has 0 saturated carbocycles. The van der Waals surface area contributed by atoms with Crippen molar-refractivity contribution >= 4 is 16.8 Å². The SMILES string of the molecule is COc1cc([C@H](C)NC(=O)c2cccc3[nH]ncc23)cc(OC)c1OC. The van der Waals surface area contributed by atoms with Gasteiger partial charge in [0.1, 0.15) is 0 Å². The maximum Gasteiger partial charge on any atom is 0.252 e. The van der Waals surface area contributed by atoms with E-state index in [9.17, 15) is 4.79 Å². The fraction of sp³-hybridized carbons (Fsp3) is 0.263. The second kappa shape index (κ2) is 7.35. The zero-order valence-electron chi connectivity index (χ0n) is 15.1. The van der Waals surface area contributed by atoms with Gasteiger partial charge in [0.2, 0.25) is 5.75 Å². The summed E-state index contributed by atoms with van der Waals surface area (Å²) in [5.74, 6) is 1.42. The van der Waals surface area contributed by atoms with Crippen molar-refractivity contribution in [3.8, 4) is 17.2 Å². The number of hydrogen-bond donors (Lipinski definition) is 2. The Labute approximate surface area is 151 Å². The Morgan fingerprint density at radius 3 is 2.42 bits per heavy atom. The number of carbonyl (C=O) groups is 1.